The molecule has 0 aromatic carbocycles. The lowest BCUT2D eigenvalue weighted by Gasteiger charge is -2.20. The Bertz CT molecular complexity index is 2310. The molecule has 1 saturated heterocycles. The molecule has 0 amide bonds. The summed E-state index contributed by atoms with van der Waals surface area (Å²) in [4.78, 5) is 42.4. The Morgan fingerprint density at radius 3 is 2.14 bits per heavy atom. The monoisotopic (exact) mass is 939 g/mol. The van der Waals surface area contributed by atoms with Gasteiger partial charge in [-0.15, -0.1) is 0 Å². The smallest absolute Gasteiger partial charge is 0.321 e. The zero-order chi connectivity index (χ0) is 46.4. The van der Waals surface area contributed by atoms with E-state index in [0.717, 1.165) is 99.1 Å². The molecule has 0 aromatic heterocycles. The van der Waals surface area contributed by atoms with Gasteiger partial charge in [0.15, 0.2) is 0 Å². The molecule has 6 rings (SSSR count). The number of aliphatic hydroxyl groups is 1. The SMILES string of the molecule is C=CC1=C(C)C2=NC1=CC1=NC(=CC3=C(C)C4=C(O)C(C(=O)OC)C(=C5NC(=C2)[C@@H](C)[C@@H]5CCC(=O)OC/C=C(\C)CCC[C@H](C)CCC[C@H](C)CCCC(C)C)C4=N3)C(CC)=C1C.S.S. The number of carbonyl (C=O) groups excluding carboxylic acids is 2. The minimum Gasteiger partial charge on any atom is -0.510 e. The molecule has 0 aromatic rings. The highest BCUT2D eigenvalue weighted by Gasteiger charge is 2.49. The van der Waals surface area contributed by atoms with Gasteiger partial charge in [-0.05, 0) is 118 Å². The predicted octanol–water partition coefficient (Wildman–Crippen LogP) is 13.2. The quantitative estimate of drug-likeness (QED) is 0.0926. The van der Waals surface area contributed by atoms with Crippen molar-refractivity contribution in [1.29, 1.82) is 0 Å². The maximum absolute atomic E-state index is 13.6. The van der Waals surface area contributed by atoms with Crippen molar-refractivity contribution in [1.82, 2.24) is 5.32 Å². The van der Waals surface area contributed by atoms with Crippen LogP contribution in [0.15, 0.2) is 131 Å². The minimum absolute atomic E-state index is 0. The number of hydrogen-bond acceptors (Lipinski definition) is 9. The summed E-state index contributed by atoms with van der Waals surface area (Å²) in [7, 11) is 1.33. The average Bonchev–Trinajstić information content (AvgIpc) is 3.99. The van der Waals surface area contributed by atoms with E-state index in [1.165, 1.54) is 57.6 Å². The number of fused-ring (bicyclic) bond motifs is 5. The highest BCUT2D eigenvalue weighted by Crippen LogP contribution is 2.49. The summed E-state index contributed by atoms with van der Waals surface area (Å²) in [6.45, 7) is 26.2. The van der Waals surface area contributed by atoms with Gasteiger partial charge in [-0.3, -0.25) is 9.59 Å². The van der Waals surface area contributed by atoms with Crippen LogP contribution in [0.4, 0.5) is 0 Å². The topological polar surface area (TPSA) is 122 Å². The Hall–Kier alpha value is -4.35. The molecule has 8 bridgehead atoms. The van der Waals surface area contributed by atoms with Gasteiger partial charge in [-0.2, -0.15) is 27.0 Å². The summed E-state index contributed by atoms with van der Waals surface area (Å²) in [6.07, 6.45) is 22.7. The van der Waals surface area contributed by atoms with Crippen molar-refractivity contribution in [2.24, 2.45) is 50.5 Å². The van der Waals surface area contributed by atoms with Crippen LogP contribution in [0, 0.1) is 35.5 Å². The Morgan fingerprint density at radius 2 is 1.50 bits per heavy atom. The van der Waals surface area contributed by atoms with E-state index in [1.807, 2.05) is 38.2 Å². The summed E-state index contributed by atoms with van der Waals surface area (Å²) in [5.41, 5.74) is 13.3. The van der Waals surface area contributed by atoms with Crippen molar-refractivity contribution < 1.29 is 24.2 Å². The van der Waals surface area contributed by atoms with Crippen LogP contribution >= 0.6 is 27.0 Å². The fourth-order valence-electron chi connectivity index (χ4n) is 10.2. The van der Waals surface area contributed by atoms with Crippen molar-refractivity contribution >= 4 is 56.1 Å². The van der Waals surface area contributed by atoms with E-state index in [4.69, 9.17) is 24.5 Å². The van der Waals surface area contributed by atoms with Gasteiger partial charge in [0.2, 0.25) is 0 Å². The predicted molar refractivity (Wildman–Crippen MR) is 283 cm³/mol. The maximum atomic E-state index is 13.6. The average molecular weight is 939 g/mol. The number of nitrogens with zero attached hydrogens (tertiary/aromatic N) is 3. The van der Waals surface area contributed by atoms with Crippen LogP contribution in [-0.2, 0) is 19.1 Å². The van der Waals surface area contributed by atoms with Gasteiger partial charge >= 0.3 is 11.9 Å². The summed E-state index contributed by atoms with van der Waals surface area (Å²) >= 11 is 0. The number of hydrogen-bond donors (Lipinski definition) is 2. The Morgan fingerprint density at radius 1 is 0.864 bits per heavy atom. The van der Waals surface area contributed by atoms with Crippen LogP contribution in [-0.4, -0.2) is 47.9 Å². The Labute approximate surface area is 409 Å². The summed E-state index contributed by atoms with van der Waals surface area (Å²) < 4.78 is 11.1. The molecule has 5 atom stereocenters. The zero-order valence-electron chi connectivity index (χ0n) is 41.7. The van der Waals surface area contributed by atoms with Crippen molar-refractivity contribution in [2.75, 3.05) is 13.7 Å². The first-order valence-corrected chi connectivity index (χ1v) is 24.1. The molecule has 5 aliphatic heterocycles. The van der Waals surface area contributed by atoms with Crippen molar-refractivity contribution in [2.45, 2.75) is 146 Å². The number of rotatable bonds is 20. The lowest BCUT2D eigenvalue weighted by atomic mass is 9.84. The van der Waals surface area contributed by atoms with Gasteiger partial charge in [0.25, 0.3) is 0 Å². The second-order valence-corrected chi connectivity index (χ2v) is 19.5. The van der Waals surface area contributed by atoms with Crippen LogP contribution in [0.5, 0.6) is 0 Å². The second-order valence-electron chi connectivity index (χ2n) is 19.5. The fraction of sp³-hybridized carbons (Fsp3) is 0.545. The van der Waals surface area contributed by atoms with Crippen LogP contribution in [0.3, 0.4) is 0 Å². The first-order chi connectivity index (χ1) is 30.6. The molecule has 0 spiro atoms. The van der Waals surface area contributed by atoms with E-state index in [9.17, 15) is 14.7 Å². The molecule has 9 nitrogen and oxygen atoms in total. The number of aliphatic hydroxyl groups excluding tert-OH is 1. The highest BCUT2D eigenvalue weighted by atomic mass is 32.1. The fourth-order valence-corrected chi connectivity index (χ4v) is 10.2. The van der Waals surface area contributed by atoms with Crippen LogP contribution < -0.4 is 5.32 Å². The van der Waals surface area contributed by atoms with Gasteiger partial charge in [0.1, 0.15) is 18.3 Å². The number of ether oxygens (including phenoxy) is 2. The molecule has 11 heteroatoms. The molecular weight excluding hydrogens is 861 g/mol. The van der Waals surface area contributed by atoms with E-state index < -0.39 is 11.9 Å². The number of esters is 2. The third-order valence-corrected chi connectivity index (χ3v) is 14.3. The van der Waals surface area contributed by atoms with Gasteiger partial charge in [0, 0.05) is 46.4 Å². The van der Waals surface area contributed by atoms with E-state index in [0.29, 0.717) is 29.0 Å². The molecule has 0 saturated carbocycles. The molecule has 0 radical (unpaired) electrons. The molecule has 6 aliphatic rings. The first kappa shape index (κ1) is 54.3. The van der Waals surface area contributed by atoms with E-state index in [1.54, 1.807) is 0 Å². The molecule has 5 heterocycles. The van der Waals surface area contributed by atoms with E-state index >= 15 is 0 Å². The number of carbonyl (C=O) groups is 2. The lowest BCUT2D eigenvalue weighted by Crippen LogP contribution is -2.25. The van der Waals surface area contributed by atoms with Gasteiger partial charge in [-0.1, -0.05) is 105 Å². The molecule has 360 valence electrons. The third kappa shape index (κ3) is 12.0. The van der Waals surface area contributed by atoms with Crippen molar-refractivity contribution in [3.63, 3.8) is 0 Å². The van der Waals surface area contributed by atoms with Crippen LogP contribution in [0.2, 0.25) is 0 Å². The molecule has 1 fully saturated rings. The van der Waals surface area contributed by atoms with Crippen LogP contribution in [0.25, 0.3) is 0 Å². The maximum Gasteiger partial charge on any atom is 0.321 e. The largest absolute Gasteiger partial charge is 0.510 e. The molecule has 66 heavy (non-hydrogen) atoms. The normalized spacial score (nSPS) is 22.1. The summed E-state index contributed by atoms with van der Waals surface area (Å²) in [5, 5.41) is 15.6. The van der Waals surface area contributed by atoms with Crippen LogP contribution in [0.1, 0.15) is 146 Å². The lowest BCUT2D eigenvalue weighted by molar-refractivity contribution is -0.144. The molecule has 2 N–H and O–H groups in total. The van der Waals surface area contributed by atoms with Gasteiger partial charge < -0.3 is 19.9 Å². The molecule has 1 aliphatic carbocycles. The number of aliphatic imine (C=N–C) groups is 3. The van der Waals surface area contributed by atoms with E-state index in [-0.39, 0.29) is 63.6 Å². The molecular formula is C55H78N4O5S2. The number of nitrogens with one attached hydrogen (secondary N) is 1. The highest BCUT2D eigenvalue weighted by molar-refractivity contribution is 7.59. The van der Waals surface area contributed by atoms with Gasteiger partial charge in [0.05, 0.1) is 41.3 Å². The summed E-state index contributed by atoms with van der Waals surface area (Å²) in [5.74, 6) is -0.0182. The van der Waals surface area contributed by atoms with Gasteiger partial charge in [-0.25, -0.2) is 15.0 Å². The van der Waals surface area contributed by atoms with E-state index in [2.05, 4.69) is 73.4 Å². The first-order valence-electron chi connectivity index (χ1n) is 24.1. The standard InChI is InChI=1S/C55H74N4O5.2H2S/c1-13-39-35(8)42-28-44-37(10)41(24-25-48(60)64-27-26-34(7)23-17-22-33(6)21-16-20-32(5)19-15-18-31(3)4)52(58-44)50-51(55(62)63-12)54(61)49-38(11)45(59-53(49)50)30-47-40(14-2)36(9)43(57-47)29-46(39)56-42;;/h13,26,28-33,37,41,51,58,61H,1,14-25,27H2,2-12H3;2*1H2/b34-26+,44-28?,46-29?,47-30?,52-50?;;/t32-,33-,37+,41+,51?;;/m1../s1. The van der Waals surface area contributed by atoms with Crippen molar-refractivity contribution in [3.8, 4) is 0 Å². The number of allylic oxidation sites excluding steroid dienone is 12. The number of methoxy groups -OCH3 is 1. The third-order valence-electron chi connectivity index (χ3n) is 14.3. The Kier molecular flexibility index (Phi) is 19.8. The van der Waals surface area contributed by atoms with Crippen molar-refractivity contribution in [3.05, 3.63) is 116 Å². The Balaban J connectivity index is 0.00000476. The second kappa shape index (κ2) is 24.1. The minimum atomic E-state index is -1.08. The summed E-state index contributed by atoms with van der Waals surface area (Å²) in [6, 6.07) is 0. The molecule has 1 unspecified atom stereocenters. The zero-order valence-corrected chi connectivity index (χ0v) is 43.7.